The van der Waals surface area contributed by atoms with E-state index in [-0.39, 0.29) is 0 Å². The van der Waals surface area contributed by atoms with Crippen LogP contribution in [-0.2, 0) is 6.42 Å². The standard InChI is InChI=1S/C18H21N3S/c1-4-15-8-10-16(11-9-15)12-19-21-18(22)20-17-7-5-6-13(2)14(17)3/h5-12H,4H2,1-3H3,(H2,20,21,22). The van der Waals surface area contributed by atoms with Crippen LogP contribution in [0.5, 0.6) is 0 Å². The summed E-state index contributed by atoms with van der Waals surface area (Å²) in [6.45, 7) is 6.29. The molecule has 0 heterocycles. The molecule has 2 aromatic carbocycles. The monoisotopic (exact) mass is 311 g/mol. The topological polar surface area (TPSA) is 36.4 Å². The molecular weight excluding hydrogens is 290 g/mol. The van der Waals surface area contributed by atoms with E-state index >= 15 is 0 Å². The van der Waals surface area contributed by atoms with Crippen molar-refractivity contribution < 1.29 is 0 Å². The molecule has 3 nitrogen and oxygen atoms in total. The van der Waals surface area contributed by atoms with Crippen LogP contribution in [0, 0.1) is 13.8 Å². The van der Waals surface area contributed by atoms with Crippen LogP contribution in [0.4, 0.5) is 5.69 Å². The van der Waals surface area contributed by atoms with E-state index in [0.717, 1.165) is 17.7 Å². The molecule has 0 saturated heterocycles. The molecule has 2 aromatic rings. The number of nitrogens with one attached hydrogen (secondary N) is 2. The SMILES string of the molecule is CCc1ccc(C=NNC(=S)Nc2cccc(C)c2C)cc1. The second-order valence-corrected chi connectivity index (χ2v) is 5.57. The van der Waals surface area contributed by atoms with Gasteiger partial charge in [0.15, 0.2) is 5.11 Å². The summed E-state index contributed by atoms with van der Waals surface area (Å²) in [4.78, 5) is 0. The minimum atomic E-state index is 0.482. The summed E-state index contributed by atoms with van der Waals surface area (Å²) in [7, 11) is 0. The van der Waals surface area contributed by atoms with Crippen LogP contribution < -0.4 is 10.7 Å². The second kappa shape index (κ2) is 7.71. The van der Waals surface area contributed by atoms with Crippen molar-refractivity contribution in [2.75, 3.05) is 5.32 Å². The van der Waals surface area contributed by atoms with Gasteiger partial charge in [-0.05, 0) is 60.8 Å². The second-order valence-electron chi connectivity index (χ2n) is 5.17. The van der Waals surface area contributed by atoms with Crippen molar-refractivity contribution >= 4 is 29.2 Å². The molecule has 0 unspecified atom stereocenters. The first-order valence-electron chi connectivity index (χ1n) is 7.35. The Kier molecular flexibility index (Phi) is 5.67. The highest BCUT2D eigenvalue weighted by Crippen LogP contribution is 2.17. The number of rotatable bonds is 4. The van der Waals surface area contributed by atoms with Gasteiger partial charge in [-0.25, -0.2) is 0 Å². The molecule has 0 aliphatic rings. The molecule has 4 heteroatoms. The smallest absolute Gasteiger partial charge is 0.191 e. The Morgan fingerprint density at radius 2 is 1.86 bits per heavy atom. The largest absolute Gasteiger partial charge is 0.331 e. The average Bonchev–Trinajstić information content (AvgIpc) is 2.52. The lowest BCUT2D eigenvalue weighted by Crippen LogP contribution is -2.24. The molecule has 0 radical (unpaired) electrons. The van der Waals surface area contributed by atoms with Gasteiger partial charge in [-0.1, -0.05) is 43.3 Å². The Hall–Kier alpha value is -2.20. The molecule has 0 aromatic heterocycles. The lowest BCUT2D eigenvalue weighted by Gasteiger charge is -2.11. The van der Waals surface area contributed by atoms with Crippen molar-refractivity contribution in [2.45, 2.75) is 27.2 Å². The number of hydrogen-bond donors (Lipinski definition) is 2. The Labute approximate surface area is 137 Å². The fourth-order valence-corrected chi connectivity index (χ4v) is 2.20. The summed E-state index contributed by atoms with van der Waals surface area (Å²) >= 11 is 5.26. The normalized spacial score (nSPS) is 10.7. The number of aryl methyl sites for hydroxylation is 2. The van der Waals surface area contributed by atoms with Gasteiger partial charge in [-0.3, -0.25) is 5.43 Å². The van der Waals surface area contributed by atoms with Crippen LogP contribution in [-0.4, -0.2) is 11.3 Å². The van der Waals surface area contributed by atoms with Crippen LogP contribution in [0.3, 0.4) is 0 Å². The van der Waals surface area contributed by atoms with E-state index in [1.54, 1.807) is 6.21 Å². The molecule has 2 rings (SSSR count). The Morgan fingerprint density at radius 1 is 1.14 bits per heavy atom. The van der Waals surface area contributed by atoms with E-state index in [4.69, 9.17) is 12.2 Å². The Bertz CT molecular complexity index is 675. The fraction of sp³-hybridized carbons (Fsp3) is 0.222. The summed E-state index contributed by atoms with van der Waals surface area (Å²) in [5, 5.41) is 7.81. The maximum absolute atomic E-state index is 5.26. The van der Waals surface area contributed by atoms with E-state index in [0.29, 0.717) is 5.11 Å². The van der Waals surface area contributed by atoms with Crippen LogP contribution in [0.25, 0.3) is 0 Å². The molecule has 0 bridgehead atoms. The van der Waals surface area contributed by atoms with Crippen molar-refractivity contribution in [1.82, 2.24) is 5.43 Å². The van der Waals surface area contributed by atoms with Gasteiger partial charge < -0.3 is 5.32 Å². The summed E-state index contributed by atoms with van der Waals surface area (Å²) in [5.41, 5.74) is 8.62. The minimum absolute atomic E-state index is 0.482. The molecule has 22 heavy (non-hydrogen) atoms. The van der Waals surface area contributed by atoms with Crippen molar-refractivity contribution in [3.8, 4) is 0 Å². The molecule has 0 atom stereocenters. The number of hydrazone groups is 1. The molecule has 2 N–H and O–H groups in total. The number of benzene rings is 2. The lowest BCUT2D eigenvalue weighted by atomic mass is 10.1. The number of hydrogen-bond acceptors (Lipinski definition) is 2. The van der Waals surface area contributed by atoms with E-state index in [2.05, 4.69) is 54.8 Å². The average molecular weight is 311 g/mol. The van der Waals surface area contributed by atoms with Gasteiger partial charge in [0.2, 0.25) is 0 Å². The predicted octanol–water partition coefficient (Wildman–Crippen LogP) is 4.19. The van der Waals surface area contributed by atoms with Gasteiger partial charge in [-0.2, -0.15) is 5.10 Å². The Balaban J connectivity index is 1.91. The fourth-order valence-electron chi connectivity index (χ4n) is 2.04. The molecule has 0 aliphatic carbocycles. The van der Waals surface area contributed by atoms with E-state index in [9.17, 15) is 0 Å². The lowest BCUT2D eigenvalue weighted by molar-refractivity contribution is 1.05. The van der Waals surface area contributed by atoms with Gasteiger partial charge >= 0.3 is 0 Å². The quantitative estimate of drug-likeness (QED) is 0.505. The summed E-state index contributed by atoms with van der Waals surface area (Å²) < 4.78 is 0. The highest BCUT2D eigenvalue weighted by Gasteiger charge is 2.01. The molecule has 0 fully saturated rings. The first-order chi connectivity index (χ1) is 10.6. The third-order valence-corrected chi connectivity index (χ3v) is 3.81. The van der Waals surface area contributed by atoms with Crippen molar-refractivity contribution in [2.24, 2.45) is 5.10 Å². The Morgan fingerprint density at radius 3 is 2.55 bits per heavy atom. The zero-order chi connectivity index (χ0) is 15.9. The number of nitrogens with zero attached hydrogens (tertiary/aromatic N) is 1. The molecule has 0 aliphatic heterocycles. The van der Waals surface area contributed by atoms with Gasteiger partial charge in [0.05, 0.1) is 6.21 Å². The third kappa shape index (κ3) is 4.40. The molecule has 0 amide bonds. The molecule has 0 saturated carbocycles. The predicted molar refractivity (Wildman–Crippen MR) is 98.7 cm³/mol. The zero-order valence-corrected chi connectivity index (χ0v) is 14.0. The summed E-state index contributed by atoms with van der Waals surface area (Å²) in [6.07, 6.45) is 2.80. The van der Waals surface area contributed by atoms with E-state index < -0.39 is 0 Å². The first kappa shape index (κ1) is 16.2. The number of anilines is 1. The van der Waals surface area contributed by atoms with Gasteiger partial charge in [-0.15, -0.1) is 0 Å². The number of thiocarbonyl (C=S) groups is 1. The van der Waals surface area contributed by atoms with Crippen molar-refractivity contribution in [3.05, 3.63) is 64.7 Å². The van der Waals surface area contributed by atoms with E-state index in [1.165, 1.54) is 16.7 Å². The van der Waals surface area contributed by atoms with Crippen LogP contribution in [0.1, 0.15) is 29.2 Å². The van der Waals surface area contributed by atoms with Gasteiger partial charge in [0.25, 0.3) is 0 Å². The van der Waals surface area contributed by atoms with Gasteiger partial charge in [0, 0.05) is 5.69 Å². The maximum Gasteiger partial charge on any atom is 0.191 e. The van der Waals surface area contributed by atoms with E-state index in [1.807, 2.05) is 24.3 Å². The molecule has 0 spiro atoms. The van der Waals surface area contributed by atoms with Crippen molar-refractivity contribution in [3.63, 3.8) is 0 Å². The third-order valence-electron chi connectivity index (χ3n) is 3.62. The highest BCUT2D eigenvalue weighted by atomic mass is 32.1. The maximum atomic E-state index is 5.26. The van der Waals surface area contributed by atoms with Crippen LogP contribution in [0.15, 0.2) is 47.6 Å². The highest BCUT2D eigenvalue weighted by molar-refractivity contribution is 7.80. The van der Waals surface area contributed by atoms with Gasteiger partial charge in [0.1, 0.15) is 0 Å². The zero-order valence-electron chi connectivity index (χ0n) is 13.2. The first-order valence-corrected chi connectivity index (χ1v) is 7.76. The summed E-state index contributed by atoms with van der Waals surface area (Å²) in [5.74, 6) is 0. The van der Waals surface area contributed by atoms with Crippen LogP contribution in [0.2, 0.25) is 0 Å². The van der Waals surface area contributed by atoms with Crippen molar-refractivity contribution in [1.29, 1.82) is 0 Å². The minimum Gasteiger partial charge on any atom is -0.331 e. The molecule has 114 valence electrons. The molecular formula is C18H21N3S. The summed E-state index contributed by atoms with van der Waals surface area (Å²) in [6, 6.07) is 14.4. The van der Waals surface area contributed by atoms with Crippen LogP contribution >= 0.6 is 12.2 Å².